The van der Waals surface area contributed by atoms with Crippen LogP contribution < -0.4 is 10.1 Å². The predicted octanol–water partition coefficient (Wildman–Crippen LogP) is 3.24. The van der Waals surface area contributed by atoms with E-state index in [9.17, 15) is 9.59 Å². The van der Waals surface area contributed by atoms with Crippen molar-refractivity contribution < 1.29 is 19.1 Å². The molecule has 0 spiro atoms. The largest absolute Gasteiger partial charge is 0.497 e. The molecule has 0 aliphatic carbocycles. The van der Waals surface area contributed by atoms with Crippen LogP contribution in [0.5, 0.6) is 5.75 Å². The maximum Gasteiger partial charge on any atom is 0.337 e. The van der Waals surface area contributed by atoms with Crippen molar-refractivity contribution in [1.29, 1.82) is 0 Å². The molecule has 0 saturated carbocycles. The summed E-state index contributed by atoms with van der Waals surface area (Å²) in [5.41, 5.74) is 4.20. The second-order valence-corrected chi connectivity index (χ2v) is 6.21. The first-order chi connectivity index (χ1) is 13.0. The molecule has 1 heterocycles. The third kappa shape index (κ3) is 3.95. The number of H-pyrrole nitrogens is 1. The lowest BCUT2D eigenvalue weighted by atomic mass is 10.1. The van der Waals surface area contributed by atoms with Gasteiger partial charge in [-0.15, -0.1) is 0 Å². The summed E-state index contributed by atoms with van der Waals surface area (Å²) in [5, 5.41) is 4.02. The topological polar surface area (TPSA) is 80.4 Å². The molecular weight excluding hydrogens is 344 g/mol. The number of hydrogen-bond donors (Lipinski definition) is 2. The molecule has 0 fully saturated rings. The maximum absolute atomic E-state index is 12.3. The standard InChI is InChI=1S/C21H22N2O4/c1-13-17(18-12-16(26-2)8-9-19(18)23-13)10-11-22-20(24)14-4-6-15(7-5-14)21(25)27-3/h4-9,12,23H,10-11H2,1-3H3,(H,22,24). The fraction of sp³-hybridized carbons (Fsp3) is 0.238. The Kier molecular flexibility index (Phi) is 5.45. The van der Waals surface area contributed by atoms with Crippen molar-refractivity contribution in [3.05, 3.63) is 64.8 Å². The van der Waals surface area contributed by atoms with Gasteiger partial charge in [0, 0.05) is 28.7 Å². The van der Waals surface area contributed by atoms with Crippen molar-refractivity contribution >= 4 is 22.8 Å². The van der Waals surface area contributed by atoms with Gasteiger partial charge in [0.1, 0.15) is 5.75 Å². The van der Waals surface area contributed by atoms with Gasteiger partial charge < -0.3 is 19.8 Å². The minimum absolute atomic E-state index is 0.179. The number of carbonyl (C=O) groups excluding carboxylic acids is 2. The normalized spacial score (nSPS) is 10.6. The number of esters is 1. The number of rotatable bonds is 6. The van der Waals surface area contributed by atoms with Crippen LogP contribution in [0, 0.1) is 6.92 Å². The lowest BCUT2D eigenvalue weighted by molar-refractivity contribution is 0.0600. The molecule has 0 saturated heterocycles. The SMILES string of the molecule is COC(=O)c1ccc(C(=O)NCCc2c(C)[nH]c3ccc(OC)cc23)cc1. The lowest BCUT2D eigenvalue weighted by Crippen LogP contribution is -2.25. The summed E-state index contributed by atoms with van der Waals surface area (Å²) in [6.07, 6.45) is 0.699. The van der Waals surface area contributed by atoms with E-state index in [0.717, 1.165) is 27.9 Å². The predicted molar refractivity (Wildman–Crippen MR) is 103 cm³/mol. The number of aromatic amines is 1. The molecule has 140 valence electrons. The third-order valence-corrected chi connectivity index (χ3v) is 4.56. The molecule has 0 unspecified atom stereocenters. The third-order valence-electron chi connectivity index (χ3n) is 4.56. The molecule has 2 N–H and O–H groups in total. The van der Waals surface area contributed by atoms with E-state index < -0.39 is 5.97 Å². The Bertz CT molecular complexity index is 974. The van der Waals surface area contributed by atoms with E-state index in [1.165, 1.54) is 7.11 Å². The van der Waals surface area contributed by atoms with E-state index >= 15 is 0 Å². The van der Waals surface area contributed by atoms with Crippen LogP contribution in [-0.2, 0) is 11.2 Å². The highest BCUT2D eigenvalue weighted by Gasteiger charge is 2.12. The van der Waals surface area contributed by atoms with Crippen molar-refractivity contribution in [3.63, 3.8) is 0 Å². The summed E-state index contributed by atoms with van der Waals surface area (Å²) in [7, 11) is 2.97. The van der Waals surface area contributed by atoms with Crippen molar-refractivity contribution in [2.75, 3.05) is 20.8 Å². The average Bonchev–Trinajstić information content (AvgIpc) is 3.01. The second kappa shape index (κ2) is 7.95. The molecule has 0 aliphatic heterocycles. The molecule has 0 atom stereocenters. The summed E-state index contributed by atoms with van der Waals surface area (Å²) in [4.78, 5) is 27.1. The molecular formula is C21H22N2O4. The van der Waals surface area contributed by atoms with Crippen LogP contribution in [0.15, 0.2) is 42.5 Å². The fourth-order valence-electron chi connectivity index (χ4n) is 3.09. The Hall–Kier alpha value is -3.28. The van der Waals surface area contributed by atoms with Crippen LogP contribution >= 0.6 is 0 Å². The molecule has 6 nitrogen and oxygen atoms in total. The van der Waals surface area contributed by atoms with Gasteiger partial charge in [0.2, 0.25) is 0 Å². The van der Waals surface area contributed by atoms with Crippen LogP contribution in [0.4, 0.5) is 0 Å². The van der Waals surface area contributed by atoms with E-state index in [-0.39, 0.29) is 5.91 Å². The highest BCUT2D eigenvalue weighted by molar-refractivity contribution is 5.96. The van der Waals surface area contributed by atoms with Crippen molar-refractivity contribution in [2.45, 2.75) is 13.3 Å². The quantitative estimate of drug-likeness (QED) is 0.656. The zero-order valence-electron chi connectivity index (χ0n) is 15.6. The second-order valence-electron chi connectivity index (χ2n) is 6.21. The summed E-state index contributed by atoms with van der Waals surface area (Å²) in [6.45, 7) is 2.53. The Balaban J connectivity index is 1.66. The molecule has 0 bridgehead atoms. The van der Waals surface area contributed by atoms with Crippen molar-refractivity contribution in [2.24, 2.45) is 0 Å². The number of nitrogens with one attached hydrogen (secondary N) is 2. The van der Waals surface area contributed by atoms with Gasteiger partial charge in [-0.3, -0.25) is 4.79 Å². The number of hydrogen-bond acceptors (Lipinski definition) is 4. The fourth-order valence-corrected chi connectivity index (χ4v) is 3.09. The van der Waals surface area contributed by atoms with Gasteiger partial charge >= 0.3 is 5.97 Å². The van der Waals surface area contributed by atoms with Crippen LogP contribution in [-0.4, -0.2) is 37.6 Å². The van der Waals surface area contributed by atoms with Gasteiger partial charge in [-0.2, -0.15) is 0 Å². The van der Waals surface area contributed by atoms with E-state index in [2.05, 4.69) is 15.0 Å². The van der Waals surface area contributed by atoms with Gasteiger partial charge in [0.05, 0.1) is 19.8 Å². The molecule has 2 aromatic carbocycles. The van der Waals surface area contributed by atoms with Gasteiger partial charge in [-0.05, 0) is 61.4 Å². The Morgan fingerprint density at radius 3 is 2.41 bits per heavy atom. The summed E-state index contributed by atoms with van der Waals surface area (Å²) in [5.74, 6) is 0.200. The Morgan fingerprint density at radius 1 is 1.04 bits per heavy atom. The average molecular weight is 366 g/mol. The number of fused-ring (bicyclic) bond motifs is 1. The highest BCUT2D eigenvalue weighted by atomic mass is 16.5. The van der Waals surface area contributed by atoms with E-state index in [1.54, 1.807) is 31.4 Å². The first-order valence-corrected chi connectivity index (χ1v) is 8.65. The monoisotopic (exact) mass is 366 g/mol. The van der Waals surface area contributed by atoms with E-state index in [0.29, 0.717) is 24.1 Å². The van der Waals surface area contributed by atoms with Crippen molar-refractivity contribution in [1.82, 2.24) is 10.3 Å². The van der Waals surface area contributed by atoms with Gasteiger partial charge in [0.15, 0.2) is 0 Å². The van der Waals surface area contributed by atoms with Gasteiger partial charge in [0.25, 0.3) is 5.91 Å². The van der Waals surface area contributed by atoms with E-state index in [4.69, 9.17) is 4.74 Å². The summed E-state index contributed by atoms with van der Waals surface area (Å²) in [6, 6.07) is 12.3. The number of aromatic nitrogens is 1. The highest BCUT2D eigenvalue weighted by Crippen LogP contribution is 2.26. The molecule has 1 aromatic heterocycles. The Labute approximate surface area is 157 Å². The molecule has 3 rings (SSSR count). The maximum atomic E-state index is 12.3. The molecule has 3 aromatic rings. The minimum Gasteiger partial charge on any atom is -0.497 e. The molecule has 0 aliphatic rings. The first kappa shape index (κ1) is 18.5. The minimum atomic E-state index is -0.424. The zero-order valence-corrected chi connectivity index (χ0v) is 15.6. The zero-order chi connectivity index (χ0) is 19.4. The number of ether oxygens (including phenoxy) is 2. The summed E-state index contributed by atoms with van der Waals surface area (Å²) >= 11 is 0. The van der Waals surface area contributed by atoms with Crippen LogP contribution in [0.1, 0.15) is 32.0 Å². The molecule has 6 heteroatoms. The van der Waals surface area contributed by atoms with Gasteiger partial charge in [-0.1, -0.05) is 0 Å². The molecule has 0 radical (unpaired) electrons. The van der Waals surface area contributed by atoms with Crippen LogP contribution in [0.3, 0.4) is 0 Å². The van der Waals surface area contributed by atoms with Crippen LogP contribution in [0.25, 0.3) is 10.9 Å². The smallest absolute Gasteiger partial charge is 0.337 e. The number of aryl methyl sites for hydroxylation is 1. The number of carbonyl (C=O) groups is 2. The summed E-state index contributed by atoms with van der Waals surface area (Å²) < 4.78 is 9.96. The molecule has 27 heavy (non-hydrogen) atoms. The van der Waals surface area contributed by atoms with Crippen molar-refractivity contribution in [3.8, 4) is 5.75 Å². The van der Waals surface area contributed by atoms with E-state index in [1.807, 2.05) is 25.1 Å². The number of methoxy groups -OCH3 is 2. The molecule has 1 amide bonds. The van der Waals surface area contributed by atoms with Crippen LogP contribution in [0.2, 0.25) is 0 Å². The lowest BCUT2D eigenvalue weighted by Gasteiger charge is -2.07. The number of amides is 1. The number of benzene rings is 2. The first-order valence-electron chi connectivity index (χ1n) is 8.65. The Morgan fingerprint density at radius 2 is 1.74 bits per heavy atom. The van der Waals surface area contributed by atoms with Gasteiger partial charge in [-0.25, -0.2) is 4.79 Å².